The quantitative estimate of drug-likeness (QED) is 0.793. The Morgan fingerprint density at radius 3 is 2.43 bits per heavy atom. The second-order valence-electron chi connectivity index (χ2n) is 4.95. The highest BCUT2D eigenvalue weighted by molar-refractivity contribution is 8.00. The monoisotopic (exact) mass is 326 g/mol. The van der Waals surface area contributed by atoms with Crippen LogP contribution in [0.3, 0.4) is 0 Å². The van der Waals surface area contributed by atoms with E-state index in [1.807, 2.05) is 4.90 Å². The van der Waals surface area contributed by atoms with Crippen LogP contribution in [0.15, 0.2) is 34.2 Å². The second-order valence-corrected chi connectivity index (χ2v) is 6.93. The summed E-state index contributed by atoms with van der Waals surface area (Å²) < 4.78 is 34.0. The van der Waals surface area contributed by atoms with Crippen LogP contribution in [-0.4, -0.2) is 45.5 Å². The maximum atomic E-state index is 12.4. The van der Waals surface area contributed by atoms with Crippen molar-refractivity contribution in [2.45, 2.75) is 6.92 Å². The molecule has 5 nitrogen and oxygen atoms in total. The number of ether oxygens (including phenoxy) is 1. The molecule has 1 fully saturated rings. The molecule has 0 unspecified atom stereocenters. The number of amidine groups is 1. The minimum absolute atomic E-state index is 0.264. The number of halogens is 1. The molecule has 1 saturated heterocycles. The SMILES string of the molecule is CC1=C(c2ccc(Cl)cc2)S(=O)(=O)N=C1N1CCOCC1. The fourth-order valence-corrected chi connectivity index (χ4v) is 4.17. The van der Waals surface area contributed by atoms with E-state index in [9.17, 15) is 8.42 Å². The Morgan fingerprint density at radius 2 is 1.81 bits per heavy atom. The van der Waals surface area contributed by atoms with Gasteiger partial charge in [-0.1, -0.05) is 23.7 Å². The van der Waals surface area contributed by atoms with Crippen molar-refractivity contribution < 1.29 is 13.2 Å². The van der Waals surface area contributed by atoms with Gasteiger partial charge in [-0.3, -0.25) is 0 Å². The van der Waals surface area contributed by atoms with Crippen molar-refractivity contribution in [3.63, 3.8) is 0 Å². The number of hydrogen-bond acceptors (Lipinski definition) is 4. The standard InChI is InChI=1S/C14H15ClN2O3S/c1-10-13(11-2-4-12(15)5-3-11)21(18,19)16-14(10)17-6-8-20-9-7-17/h2-5H,6-9H2,1H3. The van der Waals surface area contributed by atoms with Gasteiger partial charge in [-0.25, -0.2) is 0 Å². The van der Waals surface area contributed by atoms with Crippen LogP contribution in [0.1, 0.15) is 12.5 Å². The van der Waals surface area contributed by atoms with E-state index < -0.39 is 10.0 Å². The topological polar surface area (TPSA) is 59.0 Å². The van der Waals surface area contributed by atoms with E-state index in [2.05, 4.69) is 4.40 Å². The van der Waals surface area contributed by atoms with Crippen molar-refractivity contribution in [3.8, 4) is 0 Å². The van der Waals surface area contributed by atoms with Gasteiger partial charge >= 0.3 is 0 Å². The van der Waals surface area contributed by atoms with Crippen LogP contribution in [0.25, 0.3) is 4.91 Å². The molecule has 2 heterocycles. The molecule has 0 spiro atoms. The van der Waals surface area contributed by atoms with Crippen LogP contribution in [0.5, 0.6) is 0 Å². The van der Waals surface area contributed by atoms with Crippen LogP contribution >= 0.6 is 11.6 Å². The predicted molar refractivity (Wildman–Crippen MR) is 82.8 cm³/mol. The zero-order valence-corrected chi connectivity index (χ0v) is 13.1. The Balaban J connectivity index is 2.03. The molecule has 0 saturated carbocycles. The Labute approximate surface area is 128 Å². The molecule has 3 rings (SSSR count). The summed E-state index contributed by atoms with van der Waals surface area (Å²) in [7, 11) is -3.66. The summed E-state index contributed by atoms with van der Waals surface area (Å²) in [5.74, 6) is 0.531. The molecule has 1 aromatic carbocycles. The summed E-state index contributed by atoms with van der Waals surface area (Å²) in [5, 5.41) is 0.571. The largest absolute Gasteiger partial charge is 0.378 e. The normalized spacial score (nSPS) is 21.6. The van der Waals surface area contributed by atoms with Gasteiger partial charge in [0.25, 0.3) is 10.0 Å². The lowest BCUT2D eigenvalue weighted by atomic mass is 10.1. The average Bonchev–Trinajstić information content (AvgIpc) is 2.71. The first-order valence-electron chi connectivity index (χ1n) is 6.64. The van der Waals surface area contributed by atoms with Gasteiger partial charge in [-0.05, 0) is 24.6 Å². The molecule has 7 heteroatoms. The molecule has 2 aliphatic heterocycles. The van der Waals surface area contributed by atoms with Gasteiger partial charge in [0.2, 0.25) is 0 Å². The minimum Gasteiger partial charge on any atom is -0.378 e. The number of nitrogens with zero attached hydrogens (tertiary/aromatic N) is 2. The van der Waals surface area contributed by atoms with E-state index in [-0.39, 0.29) is 4.91 Å². The Kier molecular flexibility index (Phi) is 3.77. The van der Waals surface area contributed by atoms with Gasteiger partial charge in [-0.2, -0.15) is 8.42 Å². The molecule has 0 aliphatic carbocycles. The van der Waals surface area contributed by atoms with Gasteiger partial charge in [-0.15, -0.1) is 4.40 Å². The van der Waals surface area contributed by atoms with Gasteiger partial charge in [0.05, 0.1) is 13.2 Å². The molecule has 0 amide bonds. The molecule has 1 aromatic rings. The summed E-state index contributed by atoms with van der Waals surface area (Å²) in [6.45, 7) is 4.27. The van der Waals surface area contributed by atoms with Gasteiger partial charge in [0.15, 0.2) is 0 Å². The first-order valence-corrected chi connectivity index (χ1v) is 8.46. The van der Waals surface area contributed by atoms with Crippen molar-refractivity contribution in [1.29, 1.82) is 0 Å². The lowest BCUT2D eigenvalue weighted by Crippen LogP contribution is -2.40. The van der Waals surface area contributed by atoms with E-state index in [4.69, 9.17) is 16.3 Å². The van der Waals surface area contributed by atoms with Crippen molar-refractivity contribution in [3.05, 3.63) is 40.4 Å². The molecule has 112 valence electrons. The molecule has 0 N–H and O–H groups in total. The third-order valence-corrected chi connectivity index (χ3v) is 5.28. The van der Waals surface area contributed by atoms with Crippen molar-refractivity contribution >= 4 is 32.4 Å². The van der Waals surface area contributed by atoms with Gasteiger partial charge in [0.1, 0.15) is 10.7 Å². The molecular weight excluding hydrogens is 312 g/mol. The number of rotatable bonds is 1. The van der Waals surface area contributed by atoms with E-state index in [1.165, 1.54) is 0 Å². The van der Waals surface area contributed by atoms with Crippen LogP contribution < -0.4 is 0 Å². The predicted octanol–water partition coefficient (Wildman–Crippen LogP) is 2.15. The van der Waals surface area contributed by atoms with Crippen molar-refractivity contribution in [2.24, 2.45) is 4.40 Å². The minimum atomic E-state index is -3.66. The first-order chi connectivity index (χ1) is 9.99. The Hall–Kier alpha value is -1.37. The molecule has 0 radical (unpaired) electrons. The van der Waals surface area contributed by atoms with E-state index in [0.717, 1.165) is 0 Å². The van der Waals surface area contributed by atoms with E-state index in [0.29, 0.717) is 48.3 Å². The van der Waals surface area contributed by atoms with Gasteiger partial charge in [0, 0.05) is 23.7 Å². The van der Waals surface area contributed by atoms with E-state index >= 15 is 0 Å². The molecule has 21 heavy (non-hydrogen) atoms. The van der Waals surface area contributed by atoms with Crippen molar-refractivity contribution in [2.75, 3.05) is 26.3 Å². The van der Waals surface area contributed by atoms with E-state index in [1.54, 1.807) is 31.2 Å². The van der Waals surface area contributed by atoms with Crippen LogP contribution in [0.2, 0.25) is 5.02 Å². The number of benzene rings is 1. The maximum absolute atomic E-state index is 12.4. The highest BCUT2D eigenvalue weighted by Crippen LogP contribution is 2.34. The second kappa shape index (κ2) is 5.44. The summed E-state index contributed by atoms with van der Waals surface area (Å²) in [6, 6.07) is 6.77. The summed E-state index contributed by atoms with van der Waals surface area (Å²) in [5.41, 5.74) is 1.29. The molecule has 2 aliphatic rings. The highest BCUT2D eigenvalue weighted by atomic mass is 35.5. The molecular formula is C14H15ClN2O3S. The smallest absolute Gasteiger partial charge is 0.285 e. The first kappa shape index (κ1) is 14.6. The highest BCUT2D eigenvalue weighted by Gasteiger charge is 2.33. The number of morpholine rings is 1. The van der Waals surface area contributed by atoms with Gasteiger partial charge < -0.3 is 9.64 Å². The summed E-state index contributed by atoms with van der Waals surface area (Å²) in [6.07, 6.45) is 0. The van der Waals surface area contributed by atoms with Crippen LogP contribution in [0, 0.1) is 0 Å². The Bertz CT molecular complexity index is 717. The Morgan fingerprint density at radius 1 is 1.19 bits per heavy atom. The average molecular weight is 327 g/mol. The zero-order chi connectivity index (χ0) is 15.0. The fourth-order valence-electron chi connectivity index (χ4n) is 2.56. The third-order valence-electron chi connectivity index (χ3n) is 3.56. The number of hydrogen-bond donors (Lipinski definition) is 0. The lowest BCUT2D eigenvalue weighted by molar-refractivity contribution is 0.0683. The maximum Gasteiger partial charge on any atom is 0.285 e. The molecule has 0 bridgehead atoms. The fraction of sp³-hybridized carbons (Fsp3) is 0.357. The third kappa shape index (κ3) is 2.71. The van der Waals surface area contributed by atoms with Crippen LogP contribution in [0.4, 0.5) is 0 Å². The number of sulfonamides is 1. The van der Waals surface area contributed by atoms with Crippen molar-refractivity contribution in [1.82, 2.24) is 4.90 Å². The zero-order valence-electron chi connectivity index (χ0n) is 11.5. The summed E-state index contributed by atoms with van der Waals surface area (Å²) >= 11 is 5.86. The van der Waals surface area contributed by atoms with Crippen LogP contribution in [-0.2, 0) is 14.8 Å². The molecule has 0 atom stereocenters. The summed E-state index contributed by atoms with van der Waals surface area (Å²) in [4.78, 5) is 2.22. The molecule has 0 aromatic heterocycles. The lowest BCUT2D eigenvalue weighted by Gasteiger charge is -2.28.